The van der Waals surface area contributed by atoms with Gasteiger partial charge < -0.3 is 14.6 Å². The summed E-state index contributed by atoms with van der Waals surface area (Å²) in [7, 11) is 2.70. The number of rotatable bonds is 3. The second-order valence-corrected chi connectivity index (χ2v) is 3.68. The first kappa shape index (κ1) is 12.8. The lowest BCUT2D eigenvalue weighted by Gasteiger charge is -2.14. The summed E-state index contributed by atoms with van der Waals surface area (Å²) in [5.74, 6) is -0.210. The fourth-order valence-electron chi connectivity index (χ4n) is 1.41. The van der Waals surface area contributed by atoms with Crippen molar-refractivity contribution in [2.45, 2.75) is 13.0 Å². The Bertz CT molecular complexity index is 403. The molecule has 1 atom stereocenters. The minimum absolute atomic E-state index is 0.385. The van der Waals surface area contributed by atoms with Crippen LogP contribution in [0.15, 0.2) is 12.1 Å². The van der Waals surface area contributed by atoms with Gasteiger partial charge in [0.25, 0.3) is 0 Å². The van der Waals surface area contributed by atoms with Crippen molar-refractivity contribution in [3.63, 3.8) is 0 Å². The van der Waals surface area contributed by atoms with E-state index in [4.69, 9.17) is 16.3 Å². The topological polar surface area (TPSA) is 55.8 Å². The fourth-order valence-corrected chi connectivity index (χ4v) is 1.63. The maximum atomic E-state index is 11.2. The second kappa shape index (κ2) is 5.18. The molecule has 0 aliphatic carbocycles. The molecule has 0 amide bonds. The van der Waals surface area contributed by atoms with Gasteiger partial charge in [0.1, 0.15) is 5.75 Å². The Balaban J connectivity index is 3.22. The van der Waals surface area contributed by atoms with Gasteiger partial charge in [-0.3, -0.25) is 0 Å². The molecule has 5 heteroatoms. The first-order chi connectivity index (χ1) is 7.51. The van der Waals surface area contributed by atoms with Crippen molar-refractivity contribution in [3.8, 4) is 5.75 Å². The molecule has 0 bridgehead atoms. The Labute approximate surface area is 98.7 Å². The summed E-state index contributed by atoms with van der Waals surface area (Å²) >= 11 is 5.85. The van der Waals surface area contributed by atoms with Crippen LogP contribution in [-0.2, 0) is 9.53 Å². The van der Waals surface area contributed by atoms with Gasteiger partial charge in [-0.05, 0) is 30.2 Å². The standard InChI is InChI=1S/C11H13ClO4/c1-6-8(10(13)11(14)16-3)4-7(12)5-9(6)15-2/h4-5,10,13H,1-3H3. The van der Waals surface area contributed by atoms with Crippen molar-refractivity contribution < 1.29 is 19.4 Å². The first-order valence-corrected chi connectivity index (χ1v) is 4.99. The van der Waals surface area contributed by atoms with E-state index in [1.165, 1.54) is 20.3 Å². The molecule has 1 rings (SSSR count). The Kier molecular flexibility index (Phi) is 4.15. The molecule has 4 nitrogen and oxygen atoms in total. The van der Waals surface area contributed by atoms with Crippen molar-refractivity contribution in [2.24, 2.45) is 0 Å². The van der Waals surface area contributed by atoms with Crippen LogP contribution in [-0.4, -0.2) is 25.3 Å². The number of benzene rings is 1. The van der Waals surface area contributed by atoms with Gasteiger partial charge >= 0.3 is 5.97 Å². The van der Waals surface area contributed by atoms with Gasteiger partial charge in [-0.2, -0.15) is 0 Å². The fraction of sp³-hybridized carbons (Fsp3) is 0.364. The van der Waals surface area contributed by atoms with Crippen LogP contribution in [0.3, 0.4) is 0 Å². The number of aliphatic hydroxyl groups excluding tert-OH is 1. The lowest BCUT2D eigenvalue weighted by molar-refractivity contribution is -0.150. The summed E-state index contributed by atoms with van der Waals surface area (Å²) in [6.45, 7) is 1.73. The van der Waals surface area contributed by atoms with E-state index in [0.29, 0.717) is 21.9 Å². The Morgan fingerprint density at radius 2 is 2.06 bits per heavy atom. The Hall–Kier alpha value is -1.26. The van der Waals surface area contributed by atoms with E-state index >= 15 is 0 Å². The van der Waals surface area contributed by atoms with Crippen molar-refractivity contribution in [1.29, 1.82) is 0 Å². The molecule has 1 N–H and O–H groups in total. The van der Waals surface area contributed by atoms with E-state index in [1.54, 1.807) is 13.0 Å². The summed E-state index contributed by atoms with van der Waals surface area (Å²) in [6, 6.07) is 3.13. The highest BCUT2D eigenvalue weighted by atomic mass is 35.5. The van der Waals surface area contributed by atoms with Crippen LogP contribution in [0, 0.1) is 6.92 Å². The van der Waals surface area contributed by atoms with Gasteiger partial charge in [0.2, 0.25) is 0 Å². The summed E-state index contributed by atoms with van der Waals surface area (Å²) in [5, 5.41) is 10.1. The van der Waals surface area contributed by atoms with E-state index in [1.807, 2.05) is 0 Å². The number of carbonyl (C=O) groups is 1. The van der Waals surface area contributed by atoms with Crippen molar-refractivity contribution in [2.75, 3.05) is 14.2 Å². The molecule has 0 saturated carbocycles. The van der Waals surface area contributed by atoms with Crippen molar-refractivity contribution in [1.82, 2.24) is 0 Å². The van der Waals surface area contributed by atoms with Gasteiger partial charge in [0.15, 0.2) is 6.10 Å². The zero-order chi connectivity index (χ0) is 12.3. The highest BCUT2D eigenvalue weighted by molar-refractivity contribution is 6.30. The minimum atomic E-state index is -1.35. The molecule has 0 aromatic heterocycles. The van der Waals surface area contributed by atoms with Crippen molar-refractivity contribution in [3.05, 3.63) is 28.3 Å². The molecule has 0 radical (unpaired) electrons. The average molecular weight is 245 g/mol. The molecular formula is C11H13ClO4. The monoisotopic (exact) mass is 244 g/mol. The number of halogens is 1. The maximum absolute atomic E-state index is 11.2. The summed E-state index contributed by atoms with van der Waals surface area (Å²) < 4.78 is 9.54. The lowest BCUT2D eigenvalue weighted by Crippen LogP contribution is -2.15. The molecule has 1 unspecified atom stereocenters. The predicted octanol–water partition coefficient (Wildman–Crippen LogP) is 1.86. The van der Waals surface area contributed by atoms with E-state index < -0.39 is 12.1 Å². The van der Waals surface area contributed by atoms with E-state index in [2.05, 4.69) is 4.74 Å². The van der Waals surface area contributed by atoms with Crippen LogP contribution in [0.4, 0.5) is 0 Å². The minimum Gasteiger partial charge on any atom is -0.496 e. The third-order valence-corrected chi connectivity index (χ3v) is 2.52. The molecule has 16 heavy (non-hydrogen) atoms. The Morgan fingerprint density at radius 3 is 2.56 bits per heavy atom. The van der Waals surface area contributed by atoms with Gasteiger partial charge in [-0.1, -0.05) is 11.6 Å². The van der Waals surface area contributed by atoms with Gasteiger partial charge in [-0.25, -0.2) is 4.79 Å². The van der Waals surface area contributed by atoms with E-state index in [9.17, 15) is 9.90 Å². The predicted molar refractivity (Wildman–Crippen MR) is 59.7 cm³/mol. The molecule has 0 saturated heterocycles. The maximum Gasteiger partial charge on any atom is 0.339 e. The van der Waals surface area contributed by atoms with Crippen LogP contribution in [0.25, 0.3) is 0 Å². The second-order valence-electron chi connectivity index (χ2n) is 3.25. The molecule has 0 spiro atoms. The number of esters is 1. The average Bonchev–Trinajstić information content (AvgIpc) is 2.29. The third-order valence-electron chi connectivity index (χ3n) is 2.30. The van der Waals surface area contributed by atoms with Crippen LogP contribution in [0.5, 0.6) is 5.75 Å². The molecule has 0 aliphatic heterocycles. The highest BCUT2D eigenvalue weighted by Gasteiger charge is 2.22. The molecule has 0 aliphatic rings. The van der Waals surface area contributed by atoms with Gasteiger partial charge in [0, 0.05) is 5.02 Å². The quantitative estimate of drug-likeness (QED) is 0.825. The molecule has 1 aromatic carbocycles. The molecule has 0 heterocycles. The number of aliphatic hydroxyl groups is 1. The lowest BCUT2D eigenvalue weighted by atomic mass is 10.0. The van der Waals surface area contributed by atoms with Gasteiger partial charge in [0.05, 0.1) is 14.2 Å². The SMILES string of the molecule is COC(=O)C(O)c1cc(Cl)cc(OC)c1C. The van der Waals surface area contributed by atoms with Crippen LogP contribution in [0.2, 0.25) is 5.02 Å². The number of hydrogen-bond acceptors (Lipinski definition) is 4. The summed E-state index contributed by atoms with van der Waals surface area (Å²) in [4.78, 5) is 11.2. The number of hydrogen-bond donors (Lipinski definition) is 1. The normalized spacial score (nSPS) is 12.1. The van der Waals surface area contributed by atoms with Crippen LogP contribution >= 0.6 is 11.6 Å². The number of ether oxygens (including phenoxy) is 2. The van der Waals surface area contributed by atoms with Crippen LogP contribution in [0.1, 0.15) is 17.2 Å². The Morgan fingerprint density at radius 1 is 1.44 bits per heavy atom. The van der Waals surface area contributed by atoms with Crippen molar-refractivity contribution >= 4 is 17.6 Å². The molecule has 0 fully saturated rings. The zero-order valence-corrected chi connectivity index (χ0v) is 10.0. The van der Waals surface area contributed by atoms with E-state index in [-0.39, 0.29) is 0 Å². The number of carbonyl (C=O) groups excluding carboxylic acids is 1. The third kappa shape index (κ3) is 2.46. The summed E-state index contributed by atoms with van der Waals surface area (Å²) in [6.07, 6.45) is -1.35. The smallest absolute Gasteiger partial charge is 0.339 e. The molecular weight excluding hydrogens is 232 g/mol. The molecule has 88 valence electrons. The first-order valence-electron chi connectivity index (χ1n) is 4.61. The molecule has 1 aromatic rings. The zero-order valence-electron chi connectivity index (χ0n) is 9.28. The largest absolute Gasteiger partial charge is 0.496 e. The highest BCUT2D eigenvalue weighted by Crippen LogP contribution is 2.30. The van der Waals surface area contributed by atoms with E-state index in [0.717, 1.165) is 0 Å². The summed E-state index contributed by atoms with van der Waals surface area (Å²) in [5.41, 5.74) is 1.04. The van der Waals surface area contributed by atoms with Crippen LogP contribution < -0.4 is 4.74 Å². The number of methoxy groups -OCH3 is 2. The van der Waals surface area contributed by atoms with Gasteiger partial charge in [-0.15, -0.1) is 0 Å².